The number of hydrogen-bond donors (Lipinski definition) is 0. The molecule has 0 atom stereocenters. The molecule has 0 saturated heterocycles. The Bertz CT molecular complexity index is 288. The molecule has 0 aliphatic carbocycles. The van der Waals surface area contributed by atoms with Crippen molar-refractivity contribution in [3.05, 3.63) is 34.6 Å². The summed E-state index contributed by atoms with van der Waals surface area (Å²) in [5, 5.41) is 4.43. The summed E-state index contributed by atoms with van der Waals surface area (Å²) in [6.45, 7) is 4.04. The summed E-state index contributed by atoms with van der Waals surface area (Å²) < 4.78 is 0. The van der Waals surface area contributed by atoms with Crippen molar-refractivity contribution in [1.29, 1.82) is 0 Å². The first-order valence-electron chi connectivity index (χ1n) is 4.22. The van der Waals surface area contributed by atoms with E-state index in [4.69, 9.17) is 0 Å². The maximum Gasteiger partial charge on any atom is 0.00860 e. The monoisotopic (exact) mass is 405 g/mol. The van der Waals surface area contributed by atoms with Crippen LogP contribution in [0.2, 0.25) is 0 Å². The van der Waals surface area contributed by atoms with Crippen LogP contribution in [0.4, 0.5) is 0 Å². The van der Waals surface area contributed by atoms with Crippen molar-refractivity contribution in [2.45, 2.75) is 18.4 Å². The third-order valence-electron chi connectivity index (χ3n) is 2.01. The molecule has 13 heavy (non-hydrogen) atoms. The second kappa shape index (κ2) is 5.76. The van der Waals surface area contributed by atoms with Crippen LogP contribution in [0.1, 0.15) is 11.1 Å². The molecule has 2 rings (SSSR count). The van der Waals surface area contributed by atoms with Crippen LogP contribution in [0, 0.1) is 51.0 Å². The van der Waals surface area contributed by atoms with Crippen molar-refractivity contribution in [3.63, 3.8) is 0 Å². The van der Waals surface area contributed by atoms with Crippen LogP contribution in [0.3, 0.4) is 0 Å². The number of fused-ring (bicyclic) bond motifs is 1. The van der Waals surface area contributed by atoms with E-state index >= 15 is 0 Å². The van der Waals surface area contributed by atoms with Crippen LogP contribution in [0.25, 0.3) is 5.32 Å². The molecule has 0 N–H and O–H groups in total. The summed E-state index contributed by atoms with van der Waals surface area (Å²) in [4.78, 5) is 1.42. The molecule has 0 aromatic heterocycles. The Labute approximate surface area is 120 Å². The Balaban J connectivity index is 0.000000845. The Kier molecular flexibility index (Phi) is 5.33. The van der Waals surface area contributed by atoms with Crippen LogP contribution < -0.4 is 0 Å². The third-order valence-corrected chi connectivity index (χ3v) is 3.10. The normalized spacial score (nSPS) is 15.5. The predicted molar refractivity (Wildman–Crippen MR) is 53.8 cm³/mol. The molecule has 0 unspecified atom stereocenters. The fourth-order valence-electron chi connectivity index (χ4n) is 1.39. The molecule has 0 spiro atoms. The fourth-order valence-corrected chi connectivity index (χ4v) is 2.31. The minimum atomic E-state index is 0. The van der Waals surface area contributed by atoms with Gasteiger partial charge in [0.1, 0.15) is 0 Å². The number of benzene rings is 1. The van der Waals surface area contributed by atoms with Crippen LogP contribution in [-0.4, -0.2) is 12.3 Å². The largest absolute Gasteiger partial charge is 0.658 e. The van der Waals surface area contributed by atoms with Crippen LogP contribution in [0.15, 0.2) is 23.1 Å². The van der Waals surface area contributed by atoms with Gasteiger partial charge in [-0.05, 0) is 18.7 Å². The summed E-state index contributed by atoms with van der Waals surface area (Å²) in [6.07, 6.45) is 0. The molecule has 1 heterocycles. The van der Waals surface area contributed by atoms with Crippen LogP contribution >= 0.6 is 11.8 Å². The molecule has 1 aromatic rings. The molecule has 67 valence electrons. The summed E-state index contributed by atoms with van der Waals surface area (Å²) in [6, 6.07) is 6.64. The van der Waals surface area contributed by atoms with E-state index < -0.39 is 0 Å². The molecule has 1 aliphatic rings. The Morgan fingerprint density at radius 1 is 1.38 bits per heavy atom. The Morgan fingerprint density at radius 3 is 3.08 bits per heavy atom. The van der Waals surface area contributed by atoms with Gasteiger partial charge < -0.3 is 5.32 Å². The van der Waals surface area contributed by atoms with E-state index in [1.54, 1.807) is 0 Å². The third kappa shape index (κ3) is 3.23. The zero-order valence-electron chi connectivity index (χ0n) is 7.79. The number of thioether (sulfide) groups is 1. The van der Waals surface area contributed by atoms with Gasteiger partial charge in [-0.15, -0.1) is 24.9 Å². The van der Waals surface area contributed by atoms with Gasteiger partial charge in [0, 0.05) is 49.0 Å². The molecule has 1 aliphatic heterocycles. The quantitative estimate of drug-likeness (QED) is 0.648. The van der Waals surface area contributed by atoms with Gasteiger partial charge in [0.05, 0.1) is 0 Å². The van der Waals surface area contributed by atoms with Crippen LogP contribution in [-0.2, 0) is 6.54 Å². The molecule has 0 fully saturated rings. The van der Waals surface area contributed by atoms with Crippen molar-refractivity contribution in [2.24, 2.45) is 0 Å². The van der Waals surface area contributed by atoms with Crippen LogP contribution in [0.5, 0.6) is 0 Å². The smallest absolute Gasteiger partial charge is 0.00860 e. The fraction of sp³-hybridized carbons (Fsp3) is 0.400. The van der Waals surface area contributed by atoms with E-state index in [1.165, 1.54) is 16.0 Å². The minimum absolute atomic E-state index is 0. The molecule has 3 heteroatoms. The standard InChI is InChI=1S/C10H12NS.Ac/c1-8-2-3-10-9(6-8)7-11-4-5-12-10;/h2-3,6H,4-5,7H2,1H3;/q-1;. The number of rotatable bonds is 0. The summed E-state index contributed by atoms with van der Waals surface area (Å²) in [5.41, 5.74) is 2.74. The van der Waals surface area contributed by atoms with Gasteiger partial charge in [0.25, 0.3) is 0 Å². The van der Waals surface area contributed by atoms with E-state index in [1.807, 2.05) is 11.8 Å². The SMILES string of the molecule is Cc1ccc2c(c1)C[N-]CCS2.[Ac]. The summed E-state index contributed by atoms with van der Waals surface area (Å²) in [5.74, 6) is 1.13. The van der Waals surface area contributed by atoms with Crippen molar-refractivity contribution < 1.29 is 44.1 Å². The predicted octanol–water partition coefficient (Wildman–Crippen LogP) is 2.97. The summed E-state index contributed by atoms with van der Waals surface area (Å²) in [7, 11) is 0. The molecule has 1 aromatic carbocycles. The van der Waals surface area contributed by atoms with Crippen molar-refractivity contribution in [3.8, 4) is 0 Å². The van der Waals surface area contributed by atoms with Crippen molar-refractivity contribution in [2.75, 3.05) is 12.3 Å². The zero-order valence-corrected chi connectivity index (χ0v) is 13.3. The molecular weight excluding hydrogens is 393 g/mol. The molecular formula is C10H12AcNS-. The Morgan fingerprint density at radius 2 is 2.23 bits per heavy atom. The van der Waals surface area contributed by atoms with Gasteiger partial charge in [0.15, 0.2) is 0 Å². The number of hydrogen-bond acceptors (Lipinski definition) is 1. The first kappa shape index (κ1) is 12.0. The molecule has 0 amide bonds. The van der Waals surface area contributed by atoms with E-state index in [2.05, 4.69) is 30.4 Å². The van der Waals surface area contributed by atoms with Gasteiger partial charge in [0.2, 0.25) is 0 Å². The maximum atomic E-state index is 4.43. The maximum absolute atomic E-state index is 4.43. The number of nitrogens with zero attached hydrogens (tertiary/aromatic N) is 1. The second-order valence-corrected chi connectivity index (χ2v) is 4.20. The van der Waals surface area contributed by atoms with Gasteiger partial charge in [-0.1, -0.05) is 23.3 Å². The second-order valence-electron chi connectivity index (χ2n) is 3.06. The zero-order chi connectivity index (χ0) is 8.39. The van der Waals surface area contributed by atoms with Gasteiger partial charge in [-0.2, -0.15) is 0 Å². The van der Waals surface area contributed by atoms with E-state index in [9.17, 15) is 0 Å². The summed E-state index contributed by atoms with van der Waals surface area (Å²) >= 11 is 1.92. The Hall–Kier alpha value is 0.972. The molecule has 1 nitrogen and oxygen atoms in total. The van der Waals surface area contributed by atoms with Crippen molar-refractivity contribution in [1.82, 2.24) is 0 Å². The average Bonchev–Trinajstić information content (AvgIpc) is 2.28. The topological polar surface area (TPSA) is 14.1 Å². The molecule has 0 saturated carbocycles. The first-order valence-corrected chi connectivity index (χ1v) is 5.20. The van der Waals surface area contributed by atoms with Gasteiger partial charge in [-0.25, -0.2) is 0 Å². The van der Waals surface area contributed by atoms with E-state index in [0.717, 1.165) is 18.8 Å². The molecule has 1 radical (unpaired) electrons. The first-order chi connectivity index (χ1) is 5.86. The van der Waals surface area contributed by atoms with E-state index in [-0.39, 0.29) is 44.1 Å². The van der Waals surface area contributed by atoms with Crippen molar-refractivity contribution >= 4 is 11.8 Å². The van der Waals surface area contributed by atoms with E-state index in [0.29, 0.717) is 0 Å². The average molecular weight is 405 g/mol. The number of aryl methyl sites for hydroxylation is 1. The van der Waals surface area contributed by atoms with Gasteiger partial charge in [-0.3, -0.25) is 0 Å². The van der Waals surface area contributed by atoms with Gasteiger partial charge >= 0.3 is 0 Å². The molecule has 0 bridgehead atoms. The minimum Gasteiger partial charge on any atom is -0.658 e.